The molecule has 1 fully saturated rings. The van der Waals surface area contributed by atoms with Crippen LogP contribution in [0.1, 0.15) is 63.0 Å². The molecule has 2 rings (SSSR count). The van der Waals surface area contributed by atoms with Gasteiger partial charge in [0.25, 0.3) is 0 Å². The van der Waals surface area contributed by atoms with E-state index < -0.39 is 0 Å². The van der Waals surface area contributed by atoms with Gasteiger partial charge >= 0.3 is 0 Å². The minimum Gasteiger partial charge on any atom is -0.384 e. The summed E-state index contributed by atoms with van der Waals surface area (Å²) in [7, 11) is 0. The van der Waals surface area contributed by atoms with Gasteiger partial charge in [-0.25, -0.2) is 4.98 Å². The average Bonchev–Trinajstić information content (AvgIpc) is 3.03. The number of imidazole rings is 1. The first-order valence-corrected chi connectivity index (χ1v) is 6.57. The number of nitrogens with zero attached hydrogens (tertiary/aromatic N) is 2. The molecule has 1 aromatic rings. The van der Waals surface area contributed by atoms with E-state index in [1.165, 1.54) is 38.5 Å². The Hall–Kier alpha value is -0.990. The van der Waals surface area contributed by atoms with Crippen molar-refractivity contribution in [3.05, 3.63) is 11.5 Å². The SMILES string of the molecule is CCCCCCc1nc(C)n(C2CC2)c1N. The highest BCUT2D eigenvalue weighted by Gasteiger charge is 2.28. The molecule has 0 unspecified atom stereocenters. The summed E-state index contributed by atoms with van der Waals surface area (Å²) in [6.07, 6.45) is 8.72. The fraction of sp³-hybridized carbons (Fsp3) is 0.769. The molecule has 16 heavy (non-hydrogen) atoms. The van der Waals surface area contributed by atoms with Gasteiger partial charge in [0.2, 0.25) is 0 Å². The minimum absolute atomic E-state index is 0.650. The lowest BCUT2D eigenvalue weighted by molar-refractivity contribution is 0.662. The molecular formula is C13H23N3. The van der Waals surface area contributed by atoms with Gasteiger partial charge in [-0.3, -0.25) is 0 Å². The maximum Gasteiger partial charge on any atom is 0.127 e. The second-order valence-electron chi connectivity index (χ2n) is 4.90. The quantitative estimate of drug-likeness (QED) is 0.749. The maximum atomic E-state index is 6.16. The van der Waals surface area contributed by atoms with Gasteiger partial charge in [-0.15, -0.1) is 0 Å². The molecule has 1 aliphatic carbocycles. The second kappa shape index (κ2) is 4.89. The first-order valence-electron chi connectivity index (χ1n) is 6.57. The number of aryl methyl sites for hydroxylation is 2. The van der Waals surface area contributed by atoms with E-state index in [4.69, 9.17) is 5.73 Å². The Morgan fingerprint density at radius 3 is 2.69 bits per heavy atom. The van der Waals surface area contributed by atoms with E-state index in [9.17, 15) is 0 Å². The van der Waals surface area contributed by atoms with Gasteiger partial charge in [-0.1, -0.05) is 26.2 Å². The van der Waals surface area contributed by atoms with E-state index in [1.807, 2.05) is 0 Å². The Bertz CT molecular complexity index is 350. The molecule has 0 atom stereocenters. The van der Waals surface area contributed by atoms with E-state index in [0.29, 0.717) is 6.04 Å². The first-order chi connectivity index (χ1) is 7.74. The Labute approximate surface area is 98.1 Å². The summed E-state index contributed by atoms with van der Waals surface area (Å²) in [5.74, 6) is 2.03. The molecule has 3 heteroatoms. The van der Waals surface area contributed by atoms with Crippen LogP contribution >= 0.6 is 0 Å². The summed E-state index contributed by atoms with van der Waals surface area (Å²) < 4.78 is 2.23. The van der Waals surface area contributed by atoms with Crippen LogP contribution in [0, 0.1) is 6.92 Å². The van der Waals surface area contributed by atoms with Crippen molar-refractivity contribution in [3.8, 4) is 0 Å². The Balaban J connectivity index is 1.96. The zero-order valence-corrected chi connectivity index (χ0v) is 10.5. The van der Waals surface area contributed by atoms with Gasteiger partial charge < -0.3 is 10.3 Å². The number of anilines is 1. The van der Waals surface area contributed by atoms with Crippen LogP contribution in [0.5, 0.6) is 0 Å². The van der Waals surface area contributed by atoms with Gasteiger partial charge in [0.1, 0.15) is 11.6 Å². The molecule has 0 amide bonds. The molecule has 90 valence electrons. The number of nitrogen functional groups attached to an aromatic ring is 1. The standard InChI is InChI=1S/C13H23N3/c1-3-4-5-6-7-12-13(14)16(10(2)15-12)11-8-9-11/h11H,3-9,14H2,1-2H3. The third kappa shape index (κ3) is 2.39. The van der Waals surface area contributed by atoms with Crippen LogP contribution in [0.3, 0.4) is 0 Å². The fourth-order valence-electron chi connectivity index (χ4n) is 2.32. The summed E-state index contributed by atoms with van der Waals surface area (Å²) in [5, 5.41) is 0. The molecule has 1 heterocycles. The Kier molecular flexibility index (Phi) is 3.52. The van der Waals surface area contributed by atoms with E-state index in [-0.39, 0.29) is 0 Å². The summed E-state index contributed by atoms with van der Waals surface area (Å²) in [6.45, 7) is 4.31. The predicted molar refractivity (Wildman–Crippen MR) is 67.5 cm³/mol. The third-order valence-electron chi connectivity index (χ3n) is 3.38. The normalized spacial score (nSPS) is 15.6. The van der Waals surface area contributed by atoms with Crippen molar-refractivity contribution >= 4 is 5.82 Å². The van der Waals surface area contributed by atoms with Crippen LogP contribution in [0.4, 0.5) is 5.82 Å². The van der Waals surface area contributed by atoms with Crippen LogP contribution in [-0.2, 0) is 6.42 Å². The van der Waals surface area contributed by atoms with Crippen LogP contribution < -0.4 is 5.73 Å². The molecule has 3 nitrogen and oxygen atoms in total. The van der Waals surface area contributed by atoms with Gasteiger partial charge in [0.15, 0.2) is 0 Å². The fourth-order valence-corrected chi connectivity index (χ4v) is 2.32. The molecule has 1 saturated carbocycles. The number of hydrogen-bond donors (Lipinski definition) is 1. The van der Waals surface area contributed by atoms with E-state index >= 15 is 0 Å². The molecule has 0 saturated heterocycles. The molecule has 0 radical (unpaired) electrons. The van der Waals surface area contributed by atoms with Crippen molar-refractivity contribution < 1.29 is 0 Å². The van der Waals surface area contributed by atoms with E-state index in [0.717, 1.165) is 23.8 Å². The van der Waals surface area contributed by atoms with Crippen LogP contribution in [-0.4, -0.2) is 9.55 Å². The van der Waals surface area contributed by atoms with Gasteiger partial charge in [0.05, 0.1) is 5.69 Å². The Morgan fingerprint density at radius 1 is 1.31 bits per heavy atom. The summed E-state index contributed by atoms with van der Waals surface area (Å²) in [4.78, 5) is 4.61. The topological polar surface area (TPSA) is 43.8 Å². The summed E-state index contributed by atoms with van der Waals surface area (Å²) in [6, 6.07) is 0.650. The highest BCUT2D eigenvalue weighted by atomic mass is 15.2. The molecule has 1 aromatic heterocycles. The molecule has 0 bridgehead atoms. The minimum atomic E-state index is 0.650. The highest BCUT2D eigenvalue weighted by molar-refractivity contribution is 5.39. The monoisotopic (exact) mass is 221 g/mol. The number of aromatic nitrogens is 2. The molecule has 0 aliphatic heterocycles. The highest BCUT2D eigenvalue weighted by Crippen LogP contribution is 2.38. The molecular weight excluding hydrogens is 198 g/mol. The largest absolute Gasteiger partial charge is 0.384 e. The number of rotatable bonds is 6. The predicted octanol–water partition coefficient (Wildman–Crippen LogP) is 3.23. The zero-order chi connectivity index (χ0) is 11.5. The van der Waals surface area contributed by atoms with Crippen molar-refractivity contribution in [2.45, 2.75) is 64.8 Å². The zero-order valence-electron chi connectivity index (χ0n) is 10.5. The van der Waals surface area contributed by atoms with Crippen molar-refractivity contribution in [1.29, 1.82) is 0 Å². The average molecular weight is 221 g/mol. The number of hydrogen-bond acceptors (Lipinski definition) is 2. The van der Waals surface area contributed by atoms with Crippen molar-refractivity contribution in [2.24, 2.45) is 0 Å². The third-order valence-corrected chi connectivity index (χ3v) is 3.38. The lowest BCUT2D eigenvalue weighted by atomic mass is 10.1. The van der Waals surface area contributed by atoms with E-state index in [1.54, 1.807) is 0 Å². The van der Waals surface area contributed by atoms with Crippen molar-refractivity contribution in [1.82, 2.24) is 9.55 Å². The summed E-state index contributed by atoms with van der Waals surface area (Å²) >= 11 is 0. The van der Waals surface area contributed by atoms with Crippen LogP contribution in [0.2, 0.25) is 0 Å². The number of nitrogens with two attached hydrogens (primary N) is 1. The number of unbranched alkanes of at least 4 members (excludes halogenated alkanes) is 3. The molecule has 0 spiro atoms. The summed E-state index contributed by atoms with van der Waals surface area (Å²) in [5.41, 5.74) is 7.29. The maximum absolute atomic E-state index is 6.16. The van der Waals surface area contributed by atoms with Crippen LogP contribution in [0.15, 0.2) is 0 Å². The second-order valence-corrected chi connectivity index (χ2v) is 4.90. The lowest BCUT2D eigenvalue weighted by Crippen LogP contribution is -2.03. The van der Waals surface area contributed by atoms with E-state index in [2.05, 4.69) is 23.4 Å². The molecule has 0 aromatic carbocycles. The first kappa shape index (κ1) is 11.5. The molecule has 2 N–H and O–H groups in total. The smallest absolute Gasteiger partial charge is 0.127 e. The Morgan fingerprint density at radius 2 is 2.06 bits per heavy atom. The lowest BCUT2D eigenvalue weighted by Gasteiger charge is -2.05. The van der Waals surface area contributed by atoms with Crippen molar-refractivity contribution in [2.75, 3.05) is 5.73 Å². The molecule has 1 aliphatic rings. The van der Waals surface area contributed by atoms with Gasteiger partial charge in [0, 0.05) is 6.04 Å². The van der Waals surface area contributed by atoms with Gasteiger partial charge in [-0.05, 0) is 32.6 Å². The van der Waals surface area contributed by atoms with Crippen LogP contribution in [0.25, 0.3) is 0 Å². The van der Waals surface area contributed by atoms with Gasteiger partial charge in [-0.2, -0.15) is 0 Å². The van der Waals surface area contributed by atoms with Crippen molar-refractivity contribution in [3.63, 3.8) is 0 Å².